The SMILES string of the molecule is C=Cc1ccc(-c2ccc(=O)n(Cc3ccc(Cl)cc3)c2)cc1. The number of nitrogens with zero attached hydrogens (tertiary/aromatic N) is 1. The second kappa shape index (κ2) is 6.67. The topological polar surface area (TPSA) is 22.0 Å². The van der Waals surface area contributed by atoms with E-state index in [0.717, 1.165) is 22.3 Å². The summed E-state index contributed by atoms with van der Waals surface area (Å²) in [7, 11) is 0. The lowest BCUT2D eigenvalue weighted by Gasteiger charge is -2.09. The van der Waals surface area contributed by atoms with Crippen molar-refractivity contribution in [1.29, 1.82) is 0 Å². The van der Waals surface area contributed by atoms with Crippen molar-refractivity contribution in [2.75, 3.05) is 0 Å². The minimum atomic E-state index is -0.0218. The first-order chi connectivity index (χ1) is 11.2. The predicted octanol–water partition coefficient (Wildman–Crippen LogP) is 4.86. The van der Waals surface area contributed by atoms with Crippen molar-refractivity contribution in [3.63, 3.8) is 0 Å². The van der Waals surface area contributed by atoms with Crippen LogP contribution >= 0.6 is 11.6 Å². The number of pyridine rings is 1. The highest BCUT2D eigenvalue weighted by Gasteiger charge is 2.03. The summed E-state index contributed by atoms with van der Waals surface area (Å²) < 4.78 is 1.71. The molecule has 0 aliphatic carbocycles. The third-order valence-electron chi connectivity index (χ3n) is 3.73. The summed E-state index contributed by atoms with van der Waals surface area (Å²) in [4.78, 5) is 12.1. The van der Waals surface area contributed by atoms with E-state index in [2.05, 4.69) is 6.58 Å². The summed E-state index contributed by atoms with van der Waals surface area (Å²) in [5, 5.41) is 0.692. The molecule has 0 aliphatic rings. The van der Waals surface area contributed by atoms with Crippen LogP contribution in [0.3, 0.4) is 0 Å². The van der Waals surface area contributed by atoms with Crippen LogP contribution < -0.4 is 5.56 Å². The summed E-state index contributed by atoms with van der Waals surface area (Å²) in [6.07, 6.45) is 3.70. The van der Waals surface area contributed by atoms with E-state index < -0.39 is 0 Å². The van der Waals surface area contributed by atoms with Crippen molar-refractivity contribution >= 4 is 17.7 Å². The minimum absolute atomic E-state index is 0.0218. The Hall–Kier alpha value is -2.58. The fraction of sp³-hybridized carbons (Fsp3) is 0.0500. The zero-order valence-electron chi connectivity index (χ0n) is 12.6. The Kier molecular flexibility index (Phi) is 4.45. The summed E-state index contributed by atoms with van der Waals surface area (Å²) in [5.74, 6) is 0. The molecule has 0 aliphatic heterocycles. The zero-order chi connectivity index (χ0) is 16.2. The molecule has 0 bridgehead atoms. The van der Waals surface area contributed by atoms with Crippen molar-refractivity contribution in [2.24, 2.45) is 0 Å². The molecule has 23 heavy (non-hydrogen) atoms. The predicted molar refractivity (Wildman–Crippen MR) is 96.8 cm³/mol. The minimum Gasteiger partial charge on any atom is -0.310 e. The first-order valence-electron chi connectivity index (χ1n) is 7.33. The third-order valence-corrected chi connectivity index (χ3v) is 3.98. The standard InChI is InChI=1S/C20H16ClNO/c1-2-15-3-7-17(8-4-15)18-9-12-20(23)22(14-18)13-16-5-10-19(21)11-6-16/h2-12,14H,1,13H2. The van der Waals surface area contributed by atoms with Crippen LogP contribution in [-0.2, 0) is 6.54 Å². The molecule has 3 rings (SSSR count). The molecule has 0 saturated carbocycles. The largest absolute Gasteiger partial charge is 0.310 e. The lowest BCUT2D eigenvalue weighted by molar-refractivity contribution is 0.761. The normalized spacial score (nSPS) is 10.5. The van der Waals surface area contributed by atoms with Crippen LogP contribution in [0.25, 0.3) is 17.2 Å². The Morgan fingerprint density at radius 3 is 2.22 bits per heavy atom. The van der Waals surface area contributed by atoms with Gasteiger partial charge in [0.05, 0.1) is 6.54 Å². The summed E-state index contributed by atoms with van der Waals surface area (Å²) in [6, 6.07) is 19.1. The van der Waals surface area contributed by atoms with E-state index in [4.69, 9.17) is 11.6 Å². The van der Waals surface area contributed by atoms with E-state index in [1.54, 1.807) is 10.6 Å². The van der Waals surface area contributed by atoms with Crippen LogP contribution in [0, 0.1) is 0 Å². The monoisotopic (exact) mass is 321 g/mol. The molecule has 0 atom stereocenters. The van der Waals surface area contributed by atoms with Crippen molar-refractivity contribution in [2.45, 2.75) is 6.54 Å². The van der Waals surface area contributed by atoms with Crippen molar-refractivity contribution in [1.82, 2.24) is 4.57 Å². The molecule has 0 radical (unpaired) electrons. The fourth-order valence-electron chi connectivity index (χ4n) is 2.42. The molecule has 0 fully saturated rings. The Morgan fingerprint density at radius 2 is 1.57 bits per heavy atom. The molecule has 114 valence electrons. The fourth-order valence-corrected chi connectivity index (χ4v) is 2.55. The number of aromatic nitrogens is 1. The van der Waals surface area contributed by atoms with Gasteiger partial charge in [0.2, 0.25) is 0 Å². The molecule has 0 saturated heterocycles. The third kappa shape index (κ3) is 3.61. The molecule has 1 heterocycles. The molecule has 3 aromatic rings. The Morgan fingerprint density at radius 1 is 0.913 bits per heavy atom. The van der Waals surface area contributed by atoms with Gasteiger partial charge in [0, 0.05) is 17.3 Å². The second-order valence-electron chi connectivity index (χ2n) is 5.34. The van der Waals surface area contributed by atoms with E-state index in [0.29, 0.717) is 11.6 Å². The maximum Gasteiger partial charge on any atom is 0.250 e. The lowest BCUT2D eigenvalue weighted by atomic mass is 10.1. The van der Waals surface area contributed by atoms with Gasteiger partial charge in [-0.2, -0.15) is 0 Å². The van der Waals surface area contributed by atoms with Crippen molar-refractivity contribution < 1.29 is 0 Å². The second-order valence-corrected chi connectivity index (χ2v) is 5.77. The zero-order valence-corrected chi connectivity index (χ0v) is 13.3. The van der Waals surface area contributed by atoms with Crippen LogP contribution in [0.1, 0.15) is 11.1 Å². The summed E-state index contributed by atoms with van der Waals surface area (Å²) in [5.41, 5.74) is 4.17. The van der Waals surface area contributed by atoms with E-state index >= 15 is 0 Å². The van der Waals surface area contributed by atoms with Crippen LogP contribution in [0.2, 0.25) is 5.02 Å². The maximum atomic E-state index is 12.1. The highest BCUT2D eigenvalue weighted by Crippen LogP contribution is 2.19. The number of hydrogen-bond acceptors (Lipinski definition) is 1. The van der Waals surface area contributed by atoms with Gasteiger partial charge in [0.15, 0.2) is 0 Å². The van der Waals surface area contributed by atoms with Crippen molar-refractivity contribution in [3.05, 3.63) is 99.9 Å². The lowest BCUT2D eigenvalue weighted by Crippen LogP contribution is -2.19. The van der Waals surface area contributed by atoms with E-state index in [9.17, 15) is 4.79 Å². The van der Waals surface area contributed by atoms with Crippen LogP contribution in [-0.4, -0.2) is 4.57 Å². The van der Waals surface area contributed by atoms with Gasteiger partial charge in [0.1, 0.15) is 0 Å². The van der Waals surface area contributed by atoms with E-state index in [1.165, 1.54) is 0 Å². The highest BCUT2D eigenvalue weighted by atomic mass is 35.5. The van der Waals surface area contributed by atoms with Gasteiger partial charge in [-0.05, 0) is 40.5 Å². The molecule has 2 nitrogen and oxygen atoms in total. The van der Waals surface area contributed by atoms with E-state index in [1.807, 2.05) is 66.9 Å². The average molecular weight is 322 g/mol. The molecular weight excluding hydrogens is 306 g/mol. The molecule has 0 unspecified atom stereocenters. The van der Waals surface area contributed by atoms with Crippen LogP contribution in [0.4, 0.5) is 0 Å². The molecular formula is C20H16ClNO. The molecule has 0 amide bonds. The average Bonchev–Trinajstić information content (AvgIpc) is 2.59. The number of hydrogen-bond donors (Lipinski definition) is 0. The van der Waals surface area contributed by atoms with Gasteiger partial charge in [-0.25, -0.2) is 0 Å². The molecule has 0 spiro atoms. The van der Waals surface area contributed by atoms with Crippen LogP contribution in [0.5, 0.6) is 0 Å². The van der Waals surface area contributed by atoms with Crippen molar-refractivity contribution in [3.8, 4) is 11.1 Å². The van der Waals surface area contributed by atoms with Gasteiger partial charge < -0.3 is 4.57 Å². The van der Waals surface area contributed by atoms with Gasteiger partial charge >= 0.3 is 0 Å². The Labute approximate surface area is 140 Å². The smallest absolute Gasteiger partial charge is 0.250 e. The molecule has 3 heteroatoms. The molecule has 0 N–H and O–H groups in total. The quantitative estimate of drug-likeness (QED) is 0.672. The van der Waals surface area contributed by atoms with Gasteiger partial charge in [-0.1, -0.05) is 60.7 Å². The number of rotatable bonds is 4. The van der Waals surface area contributed by atoms with Gasteiger partial charge in [-0.3, -0.25) is 4.79 Å². The summed E-state index contributed by atoms with van der Waals surface area (Å²) >= 11 is 5.90. The van der Waals surface area contributed by atoms with Gasteiger partial charge in [-0.15, -0.1) is 0 Å². The first-order valence-corrected chi connectivity index (χ1v) is 7.71. The molecule has 2 aromatic carbocycles. The molecule has 1 aromatic heterocycles. The maximum absolute atomic E-state index is 12.1. The summed E-state index contributed by atoms with van der Waals surface area (Å²) in [6.45, 7) is 4.28. The Balaban J connectivity index is 1.93. The van der Waals surface area contributed by atoms with Crippen LogP contribution in [0.15, 0.2) is 78.2 Å². The Bertz CT molecular complexity index is 877. The van der Waals surface area contributed by atoms with Gasteiger partial charge in [0.25, 0.3) is 5.56 Å². The number of halogens is 1. The first kappa shape index (κ1) is 15.3. The highest BCUT2D eigenvalue weighted by molar-refractivity contribution is 6.30. The van der Waals surface area contributed by atoms with E-state index in [-0.39, 0.29) is 5.56 Å². The number of benzene rings is 2.